The third-order valence-electron chi connectivity index (χ3n) is 0. The Hall–Kier alpha value is 1.27. The topological polar surface area (TPSA) is 70.0 Å². The van der Waals surface area contributed by atoms with E-state index in [0.29, 0.717) is 0 Å². The molecule has 5 heavy (non-hydrogen) atoms. The fraction of sp³-hybridized carbons (Fsp3) is 0. The van der Waals surface area contributed by atoms with E-state index in [4.69, 9.17) is 0 Å². The Bertz CT molecular complexity index is 9.61. The molecule has 6 N–H and O–H groups in total. The monoisotopic (exact) mass is 103 g/mol. The van der Waals surface area contributed by atoms with Crippen molar-refractivity contribution in [2.24, 2.45) is 0 Å². The Kier molecular flexibility index (Phi) is 1270. The minimum Gasteiger partial charge on any atom is -1.00 e. The molecule has 27 valence electrons. The molecule has 3 radical (unpaired) electrons. The third-order valence-corrected chi connectivity index (χ3v) is 0. The second kappa shape index (κ2) is 59.3. The van der Waals surface area contributed by atoms with Crippen LogP contribution in [0.15, 0.2) is 0 Å². The zero-order chi connectivity index (χ0) is 0. The molecule has 0 spiro atoms. The fourth-order valence-electron chi connectivity index (χ4n) is 0. The maximum absolute atomic E-state index is 0. The first-order valence-electron chi connectivity index (χ1n) is 0. The summed E-state index contributed by atoms with van der Waals surface area (Å²) in [5.41, 5.74) is 0. The van der Waals surface area contributed by atoms with Crippen molar-refractivity contribution in [3.05, 3.63) is 0 Å². The van der Waals surface area contributed by atoms with Crippen LogP contribution in [0, 0.1) is 0 Å². The second-order valence-corrected chi connectivity index (χ2v) is 0. The van der Waals surface area contributed by atoms with E-state index in [2.05, 4.69) is 0 Å². The van der Waals surface area contributed by atoms with Crippen molar-refractivity contribution in [1.82, 2.24) is 12.3 Å². The van der Waals surface area contributed by atoms with Gasteiger partial charge in [0.2, 0.25) is 0 Å². The summed E-state index contributed by atoms with van der Waals surface area (Å²) in [7, 11) is 0. The summed E-state index contributed by atoms with van der Waals surface area (Å²) in [6, 6.07) is 0. The van der Waals surface area contributed by atoms with Crippen molar-refractivity contribution >= 4 is 8.41 Å². The van der Waals surface area contributed by atoms with Gasteiger partial charge < -0.3 is 24.7 Å². The van der Waals surface area contributed by atoms with Crippen molar-refractivity contribution in [3.8, 4) is 0 Å². The Morgan fingerprint density at radius 3 is 0.800 bits per heavy atom. The van der Waals surface area contributed by atoms with Crippen molar-refractivity contribution in [1.29, 1.82) is 0 Å². The predicted octanol–water partition coefficient (Wildman–Crippen LogP) is -6.05. The van der Waals surface area contributed by atoms with Crippen molar-refractivity contribution in [2.45, 2.75) is 0 Å². The van der Waals surface area contributed by atoms with Crippen LogP contribution in [0.5, 0.6) is 0 Å². The number of halogens is 1. The Morgan fingerprint density at radius 1 is 0.800 bits per heavy atom. The summed E-state index contributed by atoms with van der Waals surface area (Å²) < 4.78 is 0. The van der Waals surface area contributed by atoms with Gasteiger partial charge in [-0.25, -0.2) is 0 Å². The average Bonchev–Trinajstić information content (AvgIpc) is 0. The molecule has 0 aromatic carbocycles. The van der Waals surface area contributed by atoms with Crippen LogP contribution >= 0.6 is 0 Å². The van der Waals surface area contributed by atoms with Gasteiger partial charge in [0.25, 0.3) is 0 Å². The summed E-state index contributed by atoms with van der Waals surface area (Å²) >= 11 is 0. The van der Waals surface area contributed by atoms with Crippen LogP contribution in [0.25, 0.3) is 0 Å². The van der Waals surface area contributed by atoms with E-state index in [1.54, 1.807) is 0 Å². The molecular weight excluding hydrogens is 97.3 g/mol. The van der Waals surface area contributed by atoms with Crippen LogP contribution in [0.3, 0.4) is 0 Å². The second-order valence-electron chi connectivity index (χ2n) is 0. The summed E-state index contributed by atoms with van der Waals surface area (Å²) in [4.78, 5) is 0. The van der Waals surface area contributed by atoms with Crippen molar-refractivity contribution < 1.29 is 42.0 Å². The van der Waals surface area contributed by atoms with Crippen molar-refractivity contribution in [3.63, 3.8) is 0 Å². The maximum Gasteiger partial charge on any atom is 1.00 e. The minimum absolute atomic E-state index is 0. The Balaban J connectivity index is 0. The summed E-state index contributed by atoms with van der Waals surface area (Å²) in [6.45, 7) is 0. The van der Waals surface area contributed by atoms with E-state index in [9.17, 15) is 0 Å². The molecule has 5 heteroatoms. The van der Waals surface area contributed by atoms with Crippen LogP contribution < -0.4 is 54.3 Å². The van der Waals surface area contributed by atoms with E-state index < -0.39 is 0 Å². The molecular formula is H6BClN2Na. The molecule has 0 amide bonds. The molecule has 2 nitrogen and oxygen atoms in total. The molecule has 0 fully saturated rings. The Morgan fingerprint density at radius 2 is 0.800 bits per heavy atom. The molecule has 0 aliphatic rings. The Labute approximate surface area is 62.5 Å². The molecule has 0 aliphatic heterocycles. The van der Waals surface area contributed by atoms with Crippen molar-refractivity contribution in [2.75, 3.05) is 0 Å². The number of hydrogen-bond acceptors (Lipinski definition) is 2. The summed E-state index contributed by atoms with van der Waals surface area (Å²) in [6.07, 6.45) is 0. The molecule has 0 aliphatic carbocycles. The first kappa shape index (κ1) is 107. The molecule has 0 rings (SSSR count). The largest absolute Gasteiger partial charge is 1.00 e. The van der Waals surface area contributed by atoms with Gasteiger partial charge in [-0.05, 0) is 0 Å². The molecule has 0 unspecified atom stereocenters. The van der Waals surface area contributed by atoms with Gasteiger partial charge in [0.15, 0.2) is 0 Å². The van der Waals surface area contributed by atoms with E-state index >= 15 is 0 Å². The first-order valence-corrected chi connectivity index (χ1v) is 0. The molecule has 0 heterocycles. The van der Waals surface area contributed by atoms with E-state index in [1.165, 1.54) is 0 Å². The fourth-order valence-corrected chi connectivity index (χ4v) is 0. The average molecular weight is 103 g/mol. The standard InChI is InChI=1S/B.ClH.2H3N.Na/h;1H;2*1H3;/q;;;;+1/p-1. The van der Waals surface area contributed by atoms with Crippen LogP contribution in [0.4, 0.5) is 0 Å². The van der Waals surface area contributed by atoms with Gasteiger partial charge in [-0.3, -0.25) is 0 Å². The molecule has 0 aromatic heterocycles. The van der Waals surface area contributed by atoms with Gasteiger partial charge in [-0.1, -0.05) is 0 Å². The third kappa shape index (κ3) is 34.8. The van der Waals surface area contributed by atoms with Gasteiger partial charge >= 0.3 is 29.6 Å². The first-order chi connectivity index (χ1) is 0. The van der Waals surface area contributed by atoms with Crippen LogP contribution in [-0.4, -0.2) is 8.41 Å². The van der Waals surface area contributed by atoms with E-state index in [-0.39, 0.29) is 62.7 Å². The molecule has 0 saturated heterocycles. The summed E-state index contributed by atoms with van der Waals surface area (Å²) in [5, 5.41) is 0. The maximum atomic E-state index is 0. The number of rotatable bonds is 0. The van der Waals surface area contributed by atoms with Gasteiger partial charge in [-0.15, -0.1) is 0 Å². The van der Waals surface area contributed by atoms with Gasteiger partial charge in [0, 0.05) is 8.41 Å². The van der Waals surface area contributed by atoms with E-state index in [0.717, 1.165) is 0 Å². The normalized spacial score (nSPS) is 0. The number of hydrogen-bond donors (Lipinski definition) is 2. The van der Waals surface area contributed by atoms with Gasteiger partial charge in [-0.2, -0.15) is 0 Å². The van der Waals surface area contributed by atoms with Crippen LogP contribution in [0.2, 0.25) is 0 Å². The molecule has 0 aromatic rings. The van der Waals surface area contributed by atoms with Gasteiger partial charge in [0.1, 0.15) is 0 Å². The summed E-state index contributed by atoms with van der Waals surface area (Å²) in [5.74, 6) is 0. The smallest absolute Gasteiger partial charge is 1.00 e. The minimum atomic E-state index is 0. The SMILES string of the molecule is N.N.[B].[Cl-].[Na+]. The quantitative estimate of drug-likeness (QED) is 0.300. The zero-order valence-electron chi connectivity index (χ0n) is 3.37. The molecule has 0 bridgehead atoms. The zero-order valence-corrected chi connectivity index (χ0v) is 6.13. The van der Waals surface area contributed by atoms with Crippen LogP contribution in [0.1, 0.15) is 0 Å². The molecule has 0 atom stereocenters. The molecule has 0 saturated carbocycles. The van der Waals surface area contributed by atoms with E-state index in [1.807, 2.05) is 0 Å². The predicted molar refractivity (Wildman–Crippen MR) is 15.8 cm³/mol. The van der Waals surface area contributed by atoms with Crippen LogP contribution in [-0.2, 0) is 0 Å². The van der Waals surface area contributed by atoms with Gasteiger partial charge in [0.05, 0.1) is 0 Å².